The van der Waals surface area contributed by atoms with Crippen LogP contribution in [0.5, 0.6) is 5.75 Å². The van der Waals surface area contributed by atoms with Crippen LogP contribution in [-0.4, -0.2) is 70.4 Å². The fourth-order valence-electron chi connectivity index (χ4n) is 3.11. The lowest BCUT2D eigenvalue weighted by molar-refractivity contribution is -0.0510. The molecule has 1 aliphatic rings. The summed E-state index contributed by atoms with van der Waals surface area (Å²) < 4.78 is 5.22. The van der Waals surface area contributed by atoms with E-state index in [0.717, 1.165) is 0 Å². The normalized spacial score (nSPS) is 18.2. The Labute approximate surface area is 164 Å². The molecule has 1 aromatic rings. The number of carbonyl (C=O) groups is 2. The number of nitrogens with zero attached hydrogens (tertiary/aromatic N) is 1. The van der Waals surface area contributed by atoms with Crippen LogP contribution < -0.4 is 10.6 Å². The van der Waals surface area contributed by atoms with Crippen molar-refractivity contribution in [3.63, 3.8) is 0 Å². The van der Waals surface area contributed by atoms with Gasteiger partial charge in [0.1, 0.15) is 11.5 Å². The van der Waals surface area contributed by atoms with Crippen molar-refractivity contribution in [1.82, 2.24) is 15.5 Å². The highest BCUT2D eigenvalue weighted by atomic mass is 16.5. The van der Waals surface area contributed by atoms with Gasteiger partial charge in [-0.3, -0.25) is 5.32 Å². The number of benzene rings is 1. The second kappa shape index (κ2) is 8.34. The molecule has 156 valence electrons. The lowest BCUT2D eigenvalue weighted by Gasteiger charge is -2.43. The summed E-state index contributed by atoms with van der Waals surface area (Å²) in [4.78, 5) is 25.2. The summed E-state index contributed by atoms with van der Waals surface area (Å²) in [7, 11) is 0. The van der Waals surface area contributed by atoms with E-state index in [4.69, 9.17) is 4.74 Å². The van der Waals surface area contributed by atoms with Crippen molar-refractivity contribution in [1.29, 1.82) is 0 Å². The maximum absolute atomic E-state index is 12.3. The summed E-state index contributed by atoms with van der Waals surface area (Å²) in [5.74, 6) is -1.25. The van der Waals surface area contributed by atoms with Crippen LogP contribution in [0.4, 0.5) is 4.79 Å². The minimum Gasteiger partial charge on any atom is -0.508 e. The van der Waals surface area contributed by atoms with Crippen LogP contribution in [0.1, 0.15) is 43.6 Å². The molecule has 0 aromatic heterocycles. The number of carboxylic acid groups (broad SMARTS) is 1. The van der Waals surface area contributed by atoms with E-state index in [2.05, 4.69) is 10.6 Å². The Morgan fingerprint density at radius 2 is 1.82 bits per heavy atom. The first-order valence-electron chi connectivity index (χ1n) is 9.16. The Balaban J connectivity index is 2.14. The predicted molar refractivity (Wildman–Crippen MR) is 102 cm³/mol. The number of carboxylic acids is 1. The molecule has 1 fully saturated rings. The van der Waals surface area contributed by atoms with E-state index >= 15 is 0 Å². The van der Waals surface area contributed by atoms with E-state index in [1.807, 2.05) is 0 Å². The van der Waals surface area contributed by atoms with Gasteiger partial charge in [-0.15, -0.1) is 0 Å². The number of carbonyl (C=O) groups excluding carboxylic acids is 1. The standard InChI is InChI=1S/C19H29N3O6/c1-12(20-17(26)22-7-9-28-10-8-22)21-19(4,27)18(2,3)14-11-13(16(24)25)5-6-15(14)23/h5-6,11-12,21,23,27H,7-10H2,1-4H3,(H,20,26)(H,24,25). The van der Waals surface area contributed by atoms with Crippen LogP contribution >= 0.6 is 0 Å². The number of rotatable bonds is 6. The second-order valence-corrected chi connectivity index (χ2v) is 7.65. The zero-order valence-electron chi connectivity index (χ0n) is 16.7. The number of aliphatic hydroxyl groups is 1. The zero-order chi connectivity index (χ0) is 21.1. The van der Waals surface area contributed by atoms with E-state index in [1.54, 1.807) is 25.7 Å². The Morgan fingerprint density at radius 3 is 2.39 bits per heavy atom. The minimum atomic E-state index is -1.58. The van der Waals surface area contributed by atoms with Crippen LogP contribution in [0, 0.1) is 0 Å². The van der Waals surface area contributed by atoms with E-state index < -0.39 is 23.3 Å². The van der Waals surface area contributed by atoms with Gasteiger partial charge in [-0.1, -0.05) is 13.8 Å². The highest BCUT2D eigenvalue weighted by Gasteiger charge is 2.43. The van der Waals surface area contributed by atoms with Crippen LogP contribution in [0.3, 0.4) is 0 Å². The SMILES string of the molecule is CC(NC(=O)N1CCOCC1)NC(C)(O)C(C)(C)c1cc(C(=O)O)ccc1O. The van der Waals surface area contributed by atoms with Crippen LogP contribution in [0.15, 0.2) is 18.2 Å². The van der Waals surface area contributed by atoms with Crippen molar-refractivity contribution < 1.29 is 29.6 Å². The number of phenols is 1. The fourth-order valence-corrected chi connectivity index (χ4v) is 3.11. The summed E-state index contributed by atoms with van der Waals surface area (Å²) >= 11 is 0. The third-order valence-corrected chi connectivity index (χ3v) is 5.27. The first kappa shape index (κ1) is 21.9. The van der Waals surface area contributed by atoms with Crippen LogP contribution in [0.25, 0.3) is 0 Å². The van der Waals surface area contributed by atoms with Crippen molar-refractivity contribution >= 4 is 12.0 Å². The van der Waals surface area contributed by atoms with Gasteiger partial charge in [0.25, 0.3) is 0 Å². The number of aromatic carboxylic acids is 1. The summed E-state index contributed by atoms with van der Waals surface area (Å²) in [6.07, 6.45) is -0.589. The average Bonchev–Trinajstić information content (AvgIpc) is 2.61. The van der Waals surface area contributed by atoms with E-state index in [-0.39, 0.29) is 22.9 Å². The number of nitrogens with one attached hydrogen (secondary N) is 2. The molecular weight excluding hydrogens is 366 g/mol. The molecule has 0 saturated carbocycles. The summed E-state index contributed by atoms with van der Waals surface area (Å²) in [5.41, 5.74) is -2.39. The molecule has 0 aliphatic carbocycles. The maximum Gasteiger partial charge on any atom is 0.335 e. The summed E-state index contributed by atoms with van der Waals surface area (Å²) in [6.45, 7) is 8.52. The zero-order valence-corrected chi connectivity index (χ0v) is 16.7. The number of phenolic OH excluding ortho intramolecular Hbond substituents is 1. The minimum absolute atomic E-state index is 0.00495. The molecule has 1 aliphatic heterocycles. The highest BCUT2D eigenvalue weighted by Crippen LogP contribution is 2.39. The molecule has 1 saturated heterocycles. The summed E-state index contributed by atoms with van der Waals surface area (Å²) in [6, 6.07) is 3.66. The first-order valence-corrected chi connectivity index (χ1v) is 9.16. The molecule has 0 spiro atoms. The van der Waals surface area contributed by atoms with E-state index in [9.17, 15) is 24.9 Å². The van der Waals surface area contributed by atoms with Gasteiger partial charge in [0.05, 0.1) is 24.9 Å². The molecule has 2 amide bonds. The van der Waals surface area contributed by atoms with Crippen molar-refractivity contribution in [2.24, 2.45) is 0 Å². The number of morpholine rings is 1. The predicted octanol–water partition coefficient (Wildman–Crippen LogP) is 1.05. The third-order valence-electron chi connectivity index (χ3n) is 5.27. The van der Waals surface area contributed by atoms with Gasteiger partial charge in [-0.2, -0.15) is 0 Å². The Morgan fingerprint density at radius 1 is 1.21 bits per heavy atom. The largest absolute Gasteiger partial charge is 0.508 e. The molecule has 2 unspecified atom stereocenters. The van der Waals surface area contributed by atoms with E-state index in [1.165, 1.54) is 25.1 Å². The van der Waals surface area contributed by atoms with Gasteiger partial charge in [-0.05, 0) is 32.0 Å². The lowest BCUT2D eigenvalue weighted by Crippen LogP contribution is -2.63. The number of urea groups is 1. The monoisotopic (exact) mass is 395 g/mol. The molecule has 9 nitrogen and oxygen atoms in total. The van der Waals surface area contributed by atoms with Gasteiger partial charge >= 0.3 is 12.0 Å². The second-order valence-electron chi connectivity index (χ2n) is 7.65. The fraction of sp³-hybridized carbons (Fsp3) is 0.579. The number of hydrogen-bond donors (Lipinski definition) is 5. The Bertz CT molecular complexity index is 728. The van der Waals surface area contributed by atoms with Crippen molar-refractivity contribution in [2.45, 2.75) is 45.0 Å². The van der Waals surface area contributed by atoms with Gasteiger partial charge in [0, 0.05) is 24.1 Å². The summed E-state index contributed by atoms with van der Waals surface area (Å²) in [5, 5.41) is 36.3. The van der Waals surface area contributed by atoms with Crippen molar-refractivity contribution in [2.75, 3.05) is 26.3 Å². The Hall–Kier alpha value is -2.36. The number of aromatic hydroxyl groups is 1. The number of amides is 2. The molecule has 5 N–H and O–H groups in total. The first-order chi connectivity index (χ1) is 13.0. The van der Waals surface area contributed by atoms with Crippen LogP contribution in [0.2, 0.25) is 0 Å². The average molecular weight is 395 g/mol. The van der Waals surface area contributed by atoms with Gasteiger partial charge in [0.2, 0.25) is 0 Å². The van der Waals surface area contributed by atoms with Gasteiger partial charge < -0.3 is 30.3 Å². The molecule has 1 heterocycles. The van der Waals surface area contributed by atoms with E-state index in [0.29, 0.717) is 26.3 Å². The van der Waals surface area contributed by atoms with Crippen LogP contribution in [-0.2, 0) is 10.2 Å². The van der Waals surface area contributed by atoms with Crippen molar-refractivity contribution in [3.8, 4) is 5.75 Å². The van der Waals surface area contributed by atoms with Crippen molar-refractivity contribution in [3.05, 3.63) is 29.3 Å². The highest BCUT2D eigenvalue weighted by molar-refractivity contribution is 5.88. The number of ether oxygens (including phenoxy) is 1. The smallest absolute Gasteiger partial charge is 0.335 e. The molecule has 2 rings (SSSR count). The molecule has 28 heavy (non-hydrogen) atoms. The quantitative estimate of drug-likeness (QED) is 0.455. The topological polar surface area (TPSA) is 131 Å². The number of hydrogen-bond acceptors (Lipinski definition) is 6. The molecular formula is C19H29N3O6. The maximum atomic E-state index is 12.3. The Kier molecular flexibility index (Phi) is 6.53. The molecule has 1 aromatic carbocycles. The molecule has 0 radical (unpaired) electrons. The van der Waals surface area contributed by atoms with Gasteiger partial charge in [0.15, 0.2) is 0 Å². The molecule has 9 heteroatoms. The van der Waals surface area contributed by atoms with Gasteiger partial charge in [-0.25, -0.2) is 9.59 Å². The molecule has 0 bridgehead atoms. The lowest BCUT2D eigenvalue weighted by atomic mass is 9.74. The molecule has 2 atom stereocenters. The third kappa shape index (κ3) is 4.73.